The molecule has 4 rings (SSSR count). The van der Waals surface area contributed by atoms with Gasteiger partial charge >= 0.3 is 0 Å². The zero-order valence-electron chi connectivity index (χ0n) is 14.3. The second-order valence-electron chi connectivity index (χ2n) is 6.97. The van der Waals surface area contributed by atoms with Gasteiger partial charge < -0.3 is 9.47 Å². The van der Waals surface area contributed by atoms with E-state index in [2.05, 4.69) is 38.0 Å². The molecule has 0 radical (unpaired) electrons. The highest BCUT2D eigenvalue weighted by Crippen LogP contribution is 2.30. The minimum atomic E-state index is 0.469. The van der Waals surface area contributed by atoms with Crippen LogP contribution in [-0.4, -0.2) is 45.4 Å². The van der Waals surface area contributed by atoms with Crippen molar-refractivity contribution in [1.29, 1.82) is 0 Å². The number of aromatic nitrogens is 4. The Morgan fingerprint density at radius 1 is 1.21 bits per heavy atom. The summed E-state index contributed by atoms with van der Waals surface area (Å²) in [6.45, 7) is 0.935. The second-order valence-corrected chi connectivity index (χ2v) is 6.97. The topological polar surface area (TPSA) is 70.9 Å². The zero-order chi connectivity index (χ0) is 16.5. The molecule has 2 N–H and O–H groups in total. The molecule has 128 valence electrons. The molecule has 2 aromatic rings. The Labute approximate surface area is 142 Å². The number of imidazole rings is 1. The van der Waals surface area contributed by atoms with Crippen molar-refractivity contribution in [2.75, 3.05) is 18.5 Å². The van der Waals surface area contributed by atoms with E-state index in [1.165, 1.54) is 25.7 Å². The molecule has 24 heavy (non-hydrogen) atoms. The molecule has 2 aliphatic rings. The van der Waals surface area contributed by atoms with Gasteiger partial charge in [-0.05, 0) is 30.9 Å². The van der Waals surface area contributed by atoms with Gasteiger partial charge in [-0.15, -0.1) is 10.2 Å². The summed E-state index contributed by atoms with van der Waals surface area (Å²) in [6, 6.07) is 5.12. The Hall–Kier alpha value is -1.99. The van der Waals surface area contributed by atoms with E-state index in [0.29, 0.717) is 12.1 Å². The largest absolute Gasteiger partial charge is 0.357 e. The molecule has 1 saturated carbocycles. The van der Waals surface area contributed by atoms with E-state index in [1.807, 2.05) is 29.9 Å². The second kappa shape index (κ2) is 6.49. The van der Waals surface area contributed by atoms with Crippen molar-refractivity contribution in [3.8, 4) is 11.5 Å². The molecular formula is C17H25N7. The monoisotopic (exact) mass is 327 g/mol. The van der Waals surface area contributed by atoms with Crippen molar-refractivity contribution in [3.63, 3.8) is 0 Å². The average Bonchev–Trinajstić information content (AvgIpc) is 3.22. The molecule has 1 aliphatic carbocycles. The maximum absolute atomic E-state index is 4.40. The molecule has 2 aromatic heterocycles. The molecule has 0 aromatic carbocycles. The van der Waals surface area contributed by atoms with E-state index >= 15 is 0 Å². The molecule has 7 nitrogen and oxygen atoms in total. The maximum atomic E-state index is 4.40. The van der Waals surface area contributed by atoms with Crippen molar-refractivity contribution < 1.29 is 0 Å². The van der Waals surface area contributed by atoms with Crippen LogP contribution in [0.5, 0.6) is 0 Å². The van der Waals surface area contributed by atoms with Crippen LogP contribution in [0.25, 0.3) is 11.5 Å². The third-order valence-electron chi connectivity index (χ3n) is 5.35. The predicted molar refractivity (Wildman–Crippen MR) is 93.3 cm³/mol. The fraction of sp³-hybridized carbons (Fsp3) is 0.588. The van der Waals surface area contributed by atoms with Crippen molar-refractivity contribution in [1.82, 2.24) is 30.6 Å². The van der Waals surface area contributed by atoms with E-state index in [-0.39, 0.29) is 0 Å². The minimum Gasteiger partial charge on any atom is -0.357 e. The highest BCUT2D eigenvalue weighted by Gasteiger charge is 2.37. The van der Waals surface area contributed by atoms with E-state index in [0.717, 1.165) is 29.8 Å². The molecule has 1 saturated heterocycles. The molecule has 0 amide bonds. The first kappa shape index (κ1) is 15.5. The Bertz CT molecular complexity index is 681. The van der Waals surface area contributed by atoms with Crippen LogP contribution in [0.1, 0.15) is 25.7 Å². The highest BCUT2D eigenvalue weighted by molar-refractivity contribution is 5.51. The van der Waals surface area contributed by atoms with Gasteiger partial charge in [0.25, 0.3) is 0 Å². The SMILES string of the molecule is CN(CC1NNC2CCCCC21)c1ccc(-c2nccn2C)nn1. The summed E-state index contributed by atoms with van der Waals surface area (Å²) in [5, 5.41) is 8.74. The number of fused-ring (bicyclic) bond motifs is 1. The Balaban J connectivity index is 1.43. The van der Waals surface area contributed by atoms with E-state index in [9.17, 15) is 0 Å². The molecule has 2 fully saturated rings. The van der Waals surface area contributed by atoms with E-state index in [4.69, 9.17) is 0 Å². The Kier molecular flexibility index (Phi) is 4.20. The van der Waals surface area contributed by atoms with Crippen LogP contribution in [-0.2, 0) is 7.05 Å². The van der Waals surface area contributed by atoms with Gasteiger partial charge in [0.15, 0.2) is 11.6 Å². The summed E-state index contributed by atoms with van der Waals surface area (Å²) in [7, 11) is 4.05. The first-order chi connectivity index (χ1) is 11.7. The summed E-state index contributed by atoms with van der Waals surface area (Å²) in [5.74, 6) is 2.46. The zero-order valence-corrected chi connectivity index (χ0v) is 14.3. The lowest BCUT2D eigenvalue weighted by molar-refractivity contribution is 0.306. The number of hydrogen-bond donors (Lipinski definition) is 2. The third kappa shape index (κ3) is 2.89. The number of hydrogen-bond acceptors (Lipinski definition) is 6. The molecule has 3 unspecified atom stereocenters. The van der Waals surface area contributed by atoms with E-state index < -0.39 is 0 Å². The summed E-state index contributed by atoms with van der Waals surface area (Å²) < 4.78 is 1.95. The molecular weight excluding hydrogens is 302 g/mol. The number of aryl methyl sites for hydroxylation is 1. The number of nitrogens with one attached hydrogen (secondary N) is 2. The van der Waals surface area contributed by atoms with Crippen LogP contribution in [0, 0.1) is 5.92 Å². The summed E-state index contributed by atoms with van der Waals surface area (Å²) in [6.07, 6.45) is 8.98. The smallest absolute Gasteiger partial charge is 0.160 e. The normalized spacial score (nSPS) is 26.3. The summed E-state index contributed by atoms with van der Waals surface area (Å²) >= 11 is 0. The molecule has 7 heteroatoms. The average molecular weight is 327 g/mol. The summed E-state index contributed by atoms with van der Waals surface area (Å²) in [4.78, 5) is 6.50. The number of rotatable bonds is 4. The van der Waals surface area contributed by atoms with Gasteiger partial charge in [0.1, 0.15) is 5.69 Å². The predicted octanol–water partition coefficient (Wildman–Crippen LogP) is 1.35. The first-order valence-electron chi connectivity index (χ1n) is 8.76. The lowest BCUT2D eigenvalue weighted by Gasteiger charge is -2.29. The van der Waals surface area contributed by atoms with Crippen LogP contribution in [0.15, 0.2) is 24.5 Å². The van der Waals surface area contributed by atoms with Crippen LogP contribution in [0.3, 0.4) is 0 Å². The van der Waals surface area contributed by atoms with Crippen LogP contribution < -0.4 is 15.8 Å². The van der Waals surface area contributed by atoms with Gasteiger partial charge in [-0.2, -0.15) is 0 Å². The van der Waals surface area contributed by atoms with Crippen molar-refractivity contribution in [3.05, 3.63) is 24.5 Å². The maximum Gasteiger partial charge on any atom is 0.160 e. The highest BCUT2D eigenvalue weighted by atomic mass is 15.4. The van der Waals surface area contributed by atoms with Crippen molar-refractivity contribution in [2.45, 2.75) is 37.8 Å². The third-order valence-corrected chi connectivity index (χ3v) is 5.35. The Morgan fingerprint density at radius 2 is 2.08 bits per heavy atom. The number of nitrogens with zero attached hydrogens (tertiary/aromatic N) is 5. The fourth-order valence-corrected chi connectivity index (χ4v) is 3.97. The molecule has 1 aliphatic heterocycles. The quantitative estimate of drug-likeness (QED) is 0.883. The van der Waals surface area contributed by atoms with E-state index in [1.54, 1.807) is 6.20 Å². The minimum absolute atomic E-state index is 0.469. The van der Waals surface area contributed by atoms with Crippen LogP contribution in [0.2, 0.25) is 0 Å². The Morgan fingerprint density at radius 3 is 2.83 bits per heavy atom. The van der Waals surface area contributed by atoms with Gasteiger partial charge in [0.2, 0.25) is 0 Å². The fourth-order valence-electron chi connectivity index (χ4n) is 3.97. The standard InChI is InChI=1S/C17H25N7/c1-23-10-9-18-17(23)14-7-8-16(22-20-14)24(2)11-15-12-5-3-4-6-13(12)19-21-15/h7-10,12-13,15,19,21H,3-6,11H2,1-2H3. The first-order valence-corrected chi connectivity index (χ1v) is 8.76. The van der Waals surface area contributed by atoms with Gasteiger partial charge in [-0.3, -0.25) is 10.9 Å². The summed E-state index contributed by atoms with van der Waals surface area (Å²) in [5.41, 5.74) is 7.76. The van der Waals surface area contributed by atoms with Crippen LogP contribution in [0.4, 0.5) is 5.82 Å². The lowest BCUT2D eigenvalue weighted by atomic mass is 9.81. The van der Waals surface area contributed by atoms with Crippen molar-refractivity contribution >= 4 is 5.82 Å². The van der Waals surface area contributed by atoms with Gasteiger partial charge in [0, 0.05) is 45.1 Å². The number of likely N-dealkylation sites (N-methyl/N-ethyl adjacent to an activating group) is 1. The van der Waals surface area contributed by atoms with Gasteiger partial charge in [-0.25, -0.2) is 4.98 Å². The number of hydrazine groups is 1. The number of anilines is 1. The van der Waals surface area contributed by atoms with Gasteiger partial charge in [0.05, 0.1) is 0 Å². The van der Waals surface area contributed by atoms with Crippen LogP contribution >= 0.6 is 0 Å². The molecule has 0 spiro atoms. The lowest BCUT2D eigenvalue weighted by Crippen LogP contribution is -2.41. The van der Waals surface area contributed by atoms with Crippen molar-refractivity contribution in [2.24, 2.45) is 13.0 Å². The van der Waals surface area contributed by atoms with Gasteiger partial charge in [-0.1, -0.05) is 12.8 Å². The molecule has 0 bridgehead atoms. The molecule has 3 atom stereocenters. The molecule has 3 heterocycles.